The van der Waals surface area contributed by atoms with Crippen LogP contribution in [0.3, 0.4) is 0 Å². The predicted molar refractivity (Wildman–Crippen MR) is 117 cm³/mol. The zero-order valence-electron chi connectivity index (χ0n) is 15.5. The van der Waals surface area contributed by atoms with E-state index in [-0.39, 0.29) is 6.61 Å². The van der Waals surface area contributed by atoms with E-state index in [2.05, 4.69) is 15.2 Å². The van der Waals surface area contributed by atoms with Crippen LogP contribution in [-0.4, -0.2) is 34.0 Å². The van der Waals surface area contributed by atoms with E-state index in [1.165, 1.54) is 0 Å². The number of aliphatic imine (C=N–C) groups is 1. The van der Waals surface area contributed by atoms with E-state index in [0.717, 1.165) is 46.1 Å². The molecular formula is C22H18ClN5O. The minimum Gasteiger partial charge on any atom is -0.392 e. The number of benzene rings is 2. The average molecular weight is 404 g/mol. The third-order valence-corrected chi connectivity index (χ3v) is 5.29. The number of anilines is 3. The molecule has 5 rings (SSSR count). The second kappa shape index (κ2) is 7.31. The summed E-state index contributed by atoms with van der Waals surface area (Å²) in [6.45, 7) is 1.46. The Kier molecular flexibility index (Phi) is 4.50. The van der Waals surface area contributed by atoms with E-state index in [1.807, 2.05) is 60.8 Å². The van der Waals surface area contributed by atoms with E-state index >= 15 is 0 Å². The molecule has 0 amide bonds. The lowest BCUT2D eigenvalue weighted by Crippen LogP contribution is -2.32. The van der Waals surface area contributed by atoms with Gasteiger partial charge >= 0.3 is 0 Å². The Balaban J connectivity index is 1.54. The number of rotatable bonds is 4. The van der Waals surface area contributed by atoms with Gasteiger partial charge in [0.1, 0.15) is 11.7 Å². The lowest BCUT2D eigenvalue weighted by Gasteiger charge is -2.27. The molecule has 0 spiro atoms. The van der Waals surface area contributed by atoms with E-state index in [9.17, 15) is 5.11 Å². The highest BCUT2D eigenvalue weighted by molar-refractivity contribution is 6.40. The van der Waals surface area contributed by atoms with Crippen LogP contribution in [0.15, 0.2) is 59.7 Å². The average Bonchev–Trinajstić information content (AvgIpc) is 3.24. The fourth-order valence-corrected chi connectivity index (χ4v) is 3.86. The van der Waals surface area contributed by atoms with Crippen molar-refractivity contribution in [2.75, 3.05) is 23.3 Å². The number of halogens is 1. The predicted octanol–water partition coefficient (Wildman–Crippen LogP) is 4.14. The minimum absolute atomic E-state index is 0.0101. The summed E-state index contributed by atoms with van der Waals surface area (Å²) in [5.74, 6) is 2.21. The lowest BCUT2D eigenvalue weighted by atomic mass is 9.98. The molecule has 29 heavy (non-hydrogen) atoms. The SMILES string of the molecule is OCc1cccc(Nc2ncc3c(n2)N2CCN=C2C(c2ccccc2Cl)=C3)c1. The molecule has 1 aromatic heterocycles. The van der Waals surface area contributed by atoms with Crippen LogP contribution in [0.1, 0.15) is 16.7 Å². The van der Waals surface area contributed by atoms with Gasteiger partial charge in [0.25, 0.3) is 0 Å². The van der Waals surface area contributed by atoms with Gasteiger partial charge in [-0.3, -0.25) is 4.99 Å². The molecule has 0 bridgehead atoms. The second-order valence-corrected chi connectivity index (χ2v) is 7.26. The highest BCUT2D eigenvalue weighted by Crippen LogP contribution is 2.37. The standard InChI is InChI=1S/C22H18ClN5O/c23-19-7-2-1-6-17(19)18-11-15-12-25-22(26-16-5-3-4-14(10-16)13-29)27-20(15)28-9-8-24-21(18)28/h1-7,10-12,29H,8-9,13H2,(H,25,26,27). The monoisotopic (exact) mass is 403 g/mol. The van der Waals surface area contributed by atoms with Crippen molar-refractivity contribution >= 4 is 46.5 Å². The van der Waals surface area contributed by atoms with E-state index in [4.69, 9.17) is 21.6 Å². The van der Waals surface area contributed by atoms with Crippen molar-refractivity contribution in [2.24, 2.45) is 4.99 Å². The molecule has 0 fully saturated rings. The fraction of sp³-hybridized carbons (Fsp3) is 0.136. The molecule has 6 nitrogen and oxygen atoms in total. The second-order valence-electron chi connectivity index (χ2n) is 6.85. The molecule has 0 saturated heterocycles. The Morgan fingerprint density at radius 1 is 1.14 bits per heavy atom. The van der Waals surface area contributed by atoms with Gasteiger partial charge in [-0.2, -0.15) is 4.98 Å². The van der Waals surface area contributed by atoms with Crippen LogP contribution < -0.4 is 10.2 Å². The largest absolute Gasteiger partial charge is 0.392 e. The van der Waals surface area contributed by atoms with Gasteiger partial charge in [0, 0.05) is 40.2 Å². The van der Waals surface area contributed by atoms with Gasteiger partial charge in [0.05, 0.1) is 13.2 Å². The van der Waals surface area contributed by atoms with Crippen molar-refractivity contribution < 1.29 is 5.11 Å². The molecule has 2 aromatic carbocycles. The summed E-state index contributed by atoms with van der Waals surface area (Å²) < 4.78 is 0. The Morgan fingerprint density at radius 2 is 2.03 bits per heavy atom. The summed E-state index contributed by atoms with van der Waals surface area (Å²) in [5, 5.41) is 13.2. The summed E-state index contributed by atoms with van der Waals surface area (Å²) in [6.07, 6.45) is 3.86. The molecule has 2 N–H and O–H groups in total. The van der Waals surface area contributed by atoms with Crippen LogP contribution in [0.25, 0.3) is 11.6 Å². The summed E-state index contributed by atoms with van der Waals surface area (Å²) in [7, 11) is 0. The van der Waals surface area contributed by atoms with E-state index < -0.39 is 0 Å². The first-order valence-electron chi connectivity index (χ1n) is 9.36. The molecule has 144 valence electrons. The molecule has 0 radical (unpaired) electrons. The van der Waals surface area contributed by atoms with Gasteiger partial charge in [-0.25, -0.2) is 4.98 Å². The zero-order chi connectivity index (χ0) is 19.8. The summed E-state index contributed by atoms with van der Waals surface area (Å²) >= 11 is 6.44. The number of aliphatic hydroxyl groups excluding tert-OH is 1. The van der Waals surface area contributed by atoms with Crippen molar-refractivity contribution in [3.05, 3.63) is 76.4 Å². The minimum atomic E-state index is -0.0101. The Labute approximate surface area is 173 Å². The highest BCUT2D eigenvalue weighted by atomic mass is 35.5. The van der Waals surface area contributed by atoms with E-state index in [1.54, 1.807) is 0 Å². The van der Waals surface area contributed by atoms with Gasteiger partial charge in [-0.05, 0) is 29.8 Å². The molecule has 0 saturated carbocycles. The number of aromatic nitrogens is 2. The maximum Gasteiger partial charge on any atom is 0.229 e. The number of hydrogen-bond acceptors (Lipinski definition) is 6. The molecule has 2 aliphatic heterocycles. The van der Waals surface area contributed by atoms with Crippen molar-refractivity contribution in [3.8, 4) is 0 Å². The van der Waals surface area contributed by atoms with Crippen LogP contribution in [-0.2, 0) is 6.61 Å². The highest BCUT2D eigenvalue weighted by Gasteiger charge is 2.31. The van der Waals surface area contributed by atoms with Gasteiger partial charge in [-0.15, -0.1) is 0 Å². The molecule has 7 heteroatoms. The molecule has 3 aromatic rings. The maximum atomic E-state index is 9.33. The maximum absolute atomic E-state index is 9.33. The van der Waals surface area contributed by atoms with E-state index in [0.29, 0.717) is 17.5 Å². The Bertz CT molecular complexity index is 1160. The Hall–Kier alpha value is -3.22. The topological polar surface area (TPSA) is 73.6 Å². The fourth-order valence-electron chi connectivity index (χ4n) is 3.62. The van der Waals surface area contributed by atoms with Gasteiger partial charge in [0.15, 0.2) is 0 Å². The lowest BCUT2D eigenvalue weighted by molar-refractivity contribution is 0.282. The molecular weight excluding hydrogens is 386 g/mol. The van der Waals surface area contributed by atoms with Gasteiger partial charge in [0.2, 0.25) is 5.95 Å². The number of amidine groups is 1. The summed E-state index contributed by atoms with van der Waals surface area (Å²) in [6, 6.07) is 15.3. The third-order valence-electron chi connectivity index (χ3n) is 4.96. The first-order valence-corrected chi connectivity index (χ1v) is 9.73. The van der Waals surface area contributed by atoms with Crippen molar-refractivity contribution in [1.29, 1.82) is 0 Å². The number of fused-ring (bicyclic) bond motifs is 3. The zero-order valence-corrected chi connectivity index (χ0v) is 16.3. The van der Waals surface area contributed by atoms with Crippen molar-refractivity contribution in [3.63, 3.8) is 0 Å². The molecule has 0 unspecified atom stereocenters. The molecule has 3 heterocycles. The van der Waals surface area contributed by atoms with Crippen LogP contribution in [0, 0.1) is 0 Å². The quantitative estimate of drug-likeness (QED) is 0.685. The van der Waals surface area contributed by atoms with Crippen molar-refractivity contribution in [1.82, 2.24) is 9.97 Å². The molecule has 0 aliphatic carbocycles. The Morgan fingerprint density at radius 3 is 2.90 bits per heavy atom. The van der Waals surface area contributed by atoms with Crippen molar-refractivity contribution in [2.45, 2.75) is 6.61 Å². The van der Waals surface area contributed by atoms with Gasteiger partial charge in [-0.1, -0.05) is 41.9 Å². The smallest absolute Gasteiger partial charge is 0.229 e. The van der Waals surface area contributed by atoms with Crippen LogP contribution in [0.2, 0.25) is 5.02 Å². The van der Waals surface area contributed by atoms with Crippen LogP contribution in [0.5, 0.6) is 0 Å². The van der Waals surface area contributed by atoms with Crippen LogP contribution >= 0.6 is 11.6 Å². The molecule has 2 aliphatic rings. The third kappa shape index (κ3) is 3.26. The summed E-state index contributed by atoms with van der Waals surface area (Å²) in [5.41, 5.74) is 4.52. The number of nitrogens with one attached hydrogen (secondary N) is 1. The molecule has 0 atom stereocenters. The first-order chi connectivity index (χ1) is 14.2. The number of nitrogens with zero attached hydrogens (tertiary/aromatic N) is 4. The summed E-state index contributed by atoms with van der Waals surface area (Å²) in [4.78, 5) is 16.0. The number of hydrogen-bond donors (Lipinski definition) is 2. The van der Waals surface area contributed by atoms with Crippen LogP contribution in [0.4, 0.5) is 17.5 Å². The first kappa shape index (κ1) is 17.8. The number of aliphatic hydroxyl groups is 1. The van der Waals surface area contributed by atoms with Gasteiger partial charge < -0.3 is 15.3 Å². The normalized spacial score (nSPS) is 14.8.